The molecule has 8 bridgehead atoms. The van der Waals surface area contributed by atoms with Crippen molar-refractivity contribution < 1.29 is 46.2 Å². The maximum Gasteiger partial charge on any atom is 0.0653 e. The van der Waals surface area contributed by atoms with Crippen LogP contribution in [0.4, 0.5) is 0 Å². The van der Waals surface area contributed by atoms with Crippen molar-refractivity contribution in [3.8, 4) is 0 Å². The molecule has 2 radical (unpaired) electrons. The minimum atomic E-state index is -2.51. The van der Waals surface area contributed by atoms with Crippen LogP contribution in [0.25, 0.3) is 0 Å². The second-order valence-corrected chi connectivity index (χ2v) is 16.6. The molecule has 11 N–H and O–H groups in total. The van der Waals surface area contributed by atoms with Crippen LogP contribution in [0, 0.1) is 47.3 Å². The van der Waals surface area contributed by atoms with Crippen LogP contribution in [0.2, 0.25) is 0 Å². The van der Waals surface area contributed by atoms with E-state index >= 15 is 0 Å². The van der Waals surface area contributed by atoms with E-state index < -0.39 is 11.0 Å². The zero-order chi connectivity index (χ0) is 29.4. The molecule has 9 fully saturated rings. The van der Waals surface area contributed by atoms with E-state index in [1.807, 2.05) is 0 Å². The summed E-state index contributed by atoms with van der Waals surface area (Å²) in [6.07, 6.45) is 20.0. The van der Waals surface area contributed by atoms with Crippen LogP contribution in [0.5, 0.6) is 0 Å². The number of hydrogen-bond acceptors (Lipinski definition) is 13. The summed E-state index contributed by atoms with van der Waals surface area (Å²) in [6.45, 7) is 0. The van der Waals surface area contributed by atoms with Crippen molar-refractivity contribution >= 4 is 11.0 Å². The summed E-state index contributed by atoms with van der Waals surface area (Å²) in [4.78, 5) is 0. The minimum absolute atomic E-state index is 0. The first kappa shape index (κ1) is 37.3. The van der Waals surface area contributed by atoms with E-state index in [-0.39, 0.29) is 82.6 Å². The van der Waals surface area contributed by atoms with E-state index in [1.54, 1.807) is 0 Å². The van der Waals surface area contributed by atoms with Gasteiger partial charge in [0.05, 0.1) is 60.3 Å². The zero-order valence-corrected chi connectivity index (χ0v) is 30.3. The van der Waals surface area contributed by atoms with Gasteiger partial charge < -0.3 is 18.8 Å². The van der Waals surface area contributed by atoms with E-state index in [0.29, 0.717) is 59.9 Å². The normalized spacial score (nSPS) is 51.7. The Kier molecular flexibility index (Phi) is 12.4. The van der Waals surface area contributed by atoms with Crippen molar-refractivity contribution in [2.45, 2.75) is 152 Å². The molecule has 9 aliphatic rings. The van der Waals surface area contributed by atoms with Gasteiger partial charge in [-0.1, -0.05) is 44.9 Å². The standard InChI is InChI=1S/C32H55N8O3S.2Co.H3N/c41-44(42)43-23-15-7-14-22-24(23)32-39-30-21-13-6-5-12-20(21)28(37-30)35-26-17-9-2-1-8-16(17)25(33-26)34-27-18-10-3-4-11-19(18)29(36-27)38-31(22)40-32;;;/h16-40H,1-15H2;;;1H3/q-1;;;. The Balaban J connectivity index is 0.00000129. The van der Waals surface area contributed by atoms with Crippen LogP contribution in [0.3, 0.4) is 0 Å². The Morgan fingerprint density at radius 2 is 0.660 bits per heavy atom. The zero-order valence-electron chi connectivity index (χ0n) is 27.4. The van der Waals surface area contributed by atoms with Gasteiger partial charge in [0, 0.05) is 45.6 Å². The van der Waals surface area contributed by atoms with Crippen molar-refractivity contribution in [3.05, 3.63) is 0 Å². The first-order valence-corrected chi connectivity index (χ1v) is 19.5. The molecule has 0 aromatic heterocycles. The number of fused-ring (bicyclic) bond motifs is 20. The van der Waals surface area contributed by atoms with Crippen LogP contribution >= 0.6 is 0 Å². The van der Waals surface area contributed by atoms with Gasteiger partial charge in [0.2, 0.25) is 0 Å². The van der Waals surface area contributed by atoms with E-state index in [0.717, 1.165) is 19.3 Å². The van der Waals surface area contributed by atoms with Gasteiger partial charge in [-0.3, -0.25) is 42.5 Å². The molecule has 12 nitrogen and oxygen atoms in total. The Labute approximate surface area is 303 Å². The summed E-state index contributed by atoms with van der Waals surface area (Å²) in [5.41, 5.74) is 0. The number of hydrogen-bond donors (Lipinski definition) is 9. The average molecular weight is 767 g/mol. The van der Waals surface area contributed by atoms with Crippen LogP contribution in [-0.4, -0.2) is 55.4 Å². The Hall–Kier alpha value is 0.563. The molecule has 0 spiro atoms. The van der Waals surface area contributed by atoms with Crippen molar-refractivity contribution in [1.82, 2.24) is 48.7 Å². The van der Waals surface area contributed by atoms with Gasteiger partial charge in [-0.2, -0.15) is 0 Å². The summed E-state index contributed by atoms with van der Waals surface area (Å²) in [5, 5.41) is 32.9. The van der Waals surface area contributed by atoms with Gasteiger partial charge in [-0.15, -0.1) is 0 Å². The fourth-order valence-electron chi connectivity index (χ4n) is 12.2. The van der Waals surface area contributed by atoms with Crippen molar-refractivity contribution in [2.24, 2.45) is 47.3 Å². The van der Waals surface area contributed by atoms with Crippen LogP contribution < -0.4 is 48.7 Å². The molecule has 4 aliphatic carbocycles. The fraction of sp³-hybridized carbons (Fsp3) is 1.00. The molecule has 17 atom stereocenters. The number of rotatable bonds is 2. The molecule has 9 rings (SSSR count). The van der Waals surface area contributed by atoms with Crippen molar-refractivity contribution in [1.29, 1.82) is 0 Å². The van der Waals surface area contributed by atoms with E-state index in [4.69, 9.17) is 4.18 Å². The minimum Gasteiger partial charge on any atom is -0.421 e. The molecule has 17 unspecified atom stereocenters. The van der Waals surface area contributed by atoms with Crippen molar-refractivity contribution in [2.75, 3.05) is 0 Å². The second-order valence-electron chi connectivity index (χ2n) is 16.0. The van der Waals surface area contributed by atoms with E-state index in [2.05, 4.69) is 42.5 Å². The topological polar surface area (TPSA) is 175 Å². The van der Waals surface area contributed by atoms with E-state index in [9.17, 15) is 8.42 Å². The summed E-state index contributed by atoms with van der Waals surface area (Å²) < 4.78 is 29.3. The van der Waals surface area contributed by atoms with Crippen molar-refractivity contribution in [3.63, 3.8) is 0 Å². The van der Waals surface area contributed by atoms with Gasteiger partial charge in [0.15, 0.2) is 0 Å². The first-order chi connectivity index (χ1) is 21.6. The van der Waals surface area contributed by atoms with Gasteiger partial charge in [-0.25, -0.2) is 0 Å². The molecule has 0 aromatic carbocycles. The molecule has 5 heterocycles. The molecular weight excluding hydrogens is 708 g/mol. The van der Waals surface area contributed by atoms with Crippen LogP contribution in [-0.2, 0) is 57.1 Å². The second kappa shape index (κ2) is 15.7. The largest absolute Gasteiger partial charge is 0.421 e. The summed E-state index contributed by atoms with van der Waals surface area (Å²) in [5.74, 6) is 4.16. The summed E-state index contributed by atoms with van der Waals surface area (Å²) >= 11 is 0. The molecular formula is C32H58Co2N9O3S-. The molecule has 47 heavy (non-hydrogen) atoms. The van der Waals surface area contributed by atoms with Crippen LogP contribution in [0.15, 0.2) is 0 Å². The Bertz CT molecular complexity index is 1140. The summed E-state index contributed by atoms with van der Waals surface area (Å²) in [7, 11) is -2.51. The third kappa shape index (κ3) is 6.92. The van der Waals surface area contributed by atoms with Gasteiger partial charge in [0.25, 0.3) is 0 Å². The Morgan fingerprint density at radius 3 is 0.979 bits per heavy atom. The quantitative estimate of drug-likeness (QED) is 0.188. The average Bonchev–Trinajstić information content (AvgIpc) is 3.77. The van der Waals surface area contributed by atoms with Crippen LogP contribution in [0.1, 0.15) is 96.3 Å². The predicted molar refractivity (Wildman–Crippen MR) is 171 cm³/mol. The molecule has 5 aliphatic heterocycles. The monoisotopic (exact) mass is 766 g/mol. The van der Waals surface area contributed by atoms with Gasteiger partial charge in [0.1, 0.15) is 0 Å². The van der Waals surface area contributed by atoms with E-state index in [1.165, 1.54) is 77.0 Å². The summed E-state index contributed by atoms with van der Waals surface area (Å²) in [6, 6.07) is 0. The molecule has 0 aromatic rings. The molecule has 15 heteroatoms. The smallest absolute Gasteiger partial charge is 0.0653 e. The molecule has 274 valence electrons. The molecule has 5 saturated heterocycles. The van der Waals surface area contributed by atoms with Gasteiger partial charge >= 0.3 is 0 Å². The number of nitrogens with one attached hydrogen (secondary N) is 8. The maximum atomic E-state index is 11.8. The third-order valence-corrected chi connectivity index (χ3v) is 14.4. The first-order valence-electron chi connectivity index (χ1n) is 18.5. The molecule has 0 amide bonds. The third-order valence-electron chi connectivity index (χ3n) is 14.0. The maximum absolute atomic E-state index is 11.8. The SMILES string of the molecule is N.O=[S-](=O)OC1CCCC2C3NC4NC(NC5NC(NC6NC(NC(N3)C12)C1CCCCC61)C1CCCCC51)C1CCCCC41.[Co].[Co]. The molecule has 4 saturated carbocycles. The predicted octanol–water partition coefficient (Wildman–Crippen LogP) is 1.98. The fourth-order valence-corrected chi connectivity index (χ4v) is 12.6. The van der Waals surface area contributed by atoms with Gasteiger partial charge in [-0.05, 0) is 92.8 Å². The Morgan fingerprint density at radius 1 is 0.383 bits per heavy atom.